The van der Waals surface area contributed by atoms with E-state index in [4.69, 9.17) is 4.74 Å². The molecule has 0 aromatic carbocycles. The van der Waals surface area contributed by atoms with Gasteiger partial charge in [0.15, 0.2) is 0 Å². The molecular weight excluding hydrogens is 166 g/mol. The fourth-order valence-corrected chi connectivity index (χ4v) is 0.773. The predicted molar refractivity (Wildman–Crippen MR) is 53.6 cm³/mol. The smallest absolute Gasteiger partial charge is 0.246 e. The second-order valence-electron chi connectivity index (χ2n) is 3.00. The molecule has 0 aliphatic carbocycles. The SMILES string of the molecule is C=C(C)C(=O)NCCCOCCC. The van der Waals surface area contributed by atoms with Crippen LogP contribution < -0.4 is 5.32 Å². The van der Waals surface area contributed by atoms with Crippen LogP contribution in [0.25, 0.3) is 0 Å². The van der Waals surface area contributed by atoms with Gasteiger partial charge in [-0.2, -0.15) is 0 Å². The maximum Gasteiger partial charge on any atom is 0.246 e. The van der Waals surface area contributed by atoms with Crippen LogP contribution in [0.3, 0.4) is 0 Å². The van der Waals surface area contributed by atoms with Crippen molar-refractivity contribution in [3.05, 3.63) is 12.2 Å². The molecular formula is C10H19NO2. The van der Waals surface area contributed by atoms with Crippen molar-refractivity contribution in [2.45, 2.75) is 26.7 Å². The van der Waals surface area contributed by atoms with Crippen LogP contribution in [0.15, 0.2) is 12.2 Å². The Labute approximate surface area is 80.2 Å². The molecule has 0 unspecified atom stereocenters. The molecule has 76 valence electrons. The normalized spacial score (nSPS) is 9.69. The molecule has 0 radical (unpaired) electrons. The van der Waals surface area contributed by atoms with Crippen LogP contribution in [-0.4, -0.2) is 25.7 Å². The van der Waals surface area contributed by atoms with Crippen molar-refractivity contribution >= 4 is 5.91 Å². The minimum Gasteiger partial charge on any atom is -0.381 e. The summed E-state index contributed by atoms with van der Waals surface area (Å²) < 4.78 is 5.25. The van der Waals surface area contributed by atoms with Gasteiger partial charge in [0.1, 0.15) is 0 Å². The molecule has 0 rings (SSSR count). The molecule has 0 aromatic heterocycles. The Morgan fingerprint density at radius 2 is 2.15 bits per heavy atom. The number of ether oxygens (including phenoxy) is 1. The van der Waals surface area contributed by atoms with Gasteiger partial charge in [0.25, 0.3) is 0 Å². The molecule has 0 heterocycles. The first-order valence-electron chi connectivity index (χ1n) is 4.70. The molecule has 0 aliphatic rings. The molecule has 0 aliphatic heterocycles. The van der Waals surface area contributed by atoms with Crippen LogP contribution in [0.4, 0.5) is 0 Å². The van der Waals surface area contributed by atoms with E-state index in [1.54, 1.807) is 6.92 Å². The Balaban J connectivity index is 3.16. The molecule has 0 bridgehead atoms. The minimum absolute atomic E-state index is 0.0736. The maximum atomic E-state index is 11.0. The van der Waals surface area contributed by atoms with E-state index in [1.165, 1.54) is 0 Å². The van der Waals surface area contributed by atoms with E-state index >= 15 is 0 Å². The van der Waals surface area contributed by atoms with Crippen LogP contribution in [0.2, 0.25) is 0 Å². The van der Waals surface area contributed by atoms with Crippen molar-refractivity contribution < 1.29 is 9.53 Å². The maximum absolute atomic E-state index is 11.0. The third-order valence-electron chi connectivity index (χ3n) is 1.49. The van der Waals surface area contributed by atoms with Gasteiger partial charge in [0.05, 0.1) is 0 Å². The Bertz CT molecular complexity index is 166. The van der Waals surface area contributed by atoms with Gasteiger partial charge in [-0.15, -0.1) is 0 Å². The number of hydrogen-bond acceptors (Lipinski definition) is 2. The standard InChI is InChI=1S/C10H19NO2/c1-4-7-13-8-5-6-11-10(12)9(2)3/h2,4-8H2,1,3H3,(H,11,12). The van der Waals surface area contributed by atoms with Gasteiger partial charge < -0.3 is 10.1 Å². The summed E-state index contributed by atoms with van der Waals surface area (Å²) in [5, 5.41) is 2.74. The quantitative estimate of drug-likeness (QED) is 0.482. The van der Waals surface area contributed by atoms with E-state index in [1.807, 2.05) is 0 Å². The Morgan fingerprint density at radius 1 is 1.46 bits per heavy atom. The average molecular weight is 185 g/mol. The number of carbonyl (C=O) groups is 1. The lowest BCUT2D eigenvalue weighted by Gasteiger charge is -2.04. The minimum atomic E-state index is -0.0736. The summed E-state index contributed by atoms with van der Waals surface area (Å²) in [5.41, 5.74) is 0.550. The van der Waals surface area contributed by atoms with Crippen molar-refractivity contribution in [3.63, 3.8) is 0 Å². The topological polar surface area (TPSA) is 38.3 Å². The van der Waals surface area contributed by atoms with E-state index in [2.05, 4.69) is 18.8 Å². The Hall–Kier alpha value is -0.830. The predicted octanol–water partition coefficient (Wildman–Crippen LogP) is 1.50. The Kier molecular flexibility index (Phi) is 7.30. The van der Waals surface area contributed by atoms with E-state index < -0.39 is 0 Å². The third kappa shape index (κ3) is 7.53. The van der Waals surface area contributed by atoms with Crippen molar-refractivity contribution in [3.8, 4) is 0 Å². The molecule has 3 heteroatoms. The van der Waals surface area contributed by atoms with Gasteiger partial charge in [0.2, 0.25) is 5.91 Å². The summed E-state index contributed by atoms with van der Waals surface area (Å²) >= 11 is 0. The van der Waals surface area contributed by atoms with Crippen LogP contribution in [-0.2, 0) is 9.53 Å². The van der Waals surface area contributed by atoms with Gasteiger partial charge in [-0.05, 0) is 19.8 Å². The first-order chi connectivity index (χ1) is 6.18. The molecule has 0 saturated carbocycles. The highest BCUT2D eigenvalue weighted by molar-refractivity contribution is 5.91. The van der Waals surface area contributed by atoms with Crippen LogP contribution in [0, 0.1) is 0 Å². The molecule has 0 spiro atoms. The van der Waals surface area contributed by atoms with Crippen LogP contribution in [0.5, 0.6) is 0 Å². The van der Waals surface area contributed by atoms with Gasteiger partial charge in [-0.25, -0.2) is 0 Å². The zero-order valence-electron chi connectivity index (χ0n) is 8.56. The highest BCUT2D eigenvalue weighted by atomic mass is 16.5. The molecule has 1 N–H and O–H groups in total. The number of hydrogen-bond donors (Lipinski definition) is 1. The molecule has 0 atom stereocenters. The first-order valence-corrected chi connectivity index (χ1v) is 4.70. The largest absolute Gasteiger partial charge is 0.381 e. The van der Waals surface area contributed by atoms with Gasteiger partial charge in [0, 0.05) is 25.3 Å². The van der Waals surface area contributed by atoms with Crippen LogP contribution in [0.1, 0.15) is 26.7 Å². The second-order valence-corrected chi connectivity index (χ2v) is 3.00. The monoisotopic (exact) mass is 185 g/mol. The van der Waals surface area contributed by atoms with Crippen molar-refractivity contribution in [2.24, 2.45) is 0 Å². The van der Waals surface area contributed by atoms with Gasteiger partial charge in [-0.3, -0.25) is 4.79 Å². The molecule has 1 amide bonds. The highest BCUT2D eigenvalue weighted by Gasteiger charge is 1.98. The lowest BCUT2D eigenvalue weighted by molar-refractivity contribution is -0.117. The zero-order valence-corrected chi connectivity index (χ0v) is 8.56. The number of rotatable bonds is 7. The lowest BCUT2D eigenvalue weighted by Crippen LogP contribution is -2.25. The van der Waals surface area contributed by atoms with E-state index in [0.717, 1.165) is 19.4 Å². The van der Waals surface area contributed by atoms with E-state index in [9.17, 15) is 4.79 Å². The molecule has 0 saturated heterocycles. The van der Waals surface area contributed by atoms with E-state index in [0.29, 0.717) is 18.7 Å². The molecule has 0 aromatic rings. The number of amides is 1. The third-order valence-corrected chi connectivity index (χ3v) is 1.49. The van der Waals surface area contributed by atoms with Gasteiger partial charge in [-0.1, -0.05) is 13.5 Å². The molecule has 0 fully saturated rings. The van der Waals surface area contributed by atoms with Crippen molar-refractivity contribution in [1.29, 1.82) is 0 Å². The van der Waals surface area contributed by atoms with Crippen molar-refractivity contribution in [2.75, 3.05) is 19.8 Å². The number of nitrogens with one attached hydrogen (secondary N) is 1. The average Bonchev–Trinajstić information content (AvgIpc) is 2.10. The van der Waals surface area contributed by atoms with Crippen LogP contribution >= 0.6 is 0 Å². The highest BCUT2D eigenvalue weighted by Crippen LogP contribution is 1.87. The van der Waals surface area contributed by atoms with E-state index in [-0.39, 0.29) is 5.91 Å². The zero-order chi connectivity index (χ0) is 10.1. The summed E-state index contributed by atoms with van der Waals surface area (Å²) in [5.74, 6) is -0.0736. The summed E-state index contributed by atoms with van der Waals surface area (Å²) in [6.07, 6.45) is 1.90. The fraction of sp³-hybridized carbons (Fsp3) is 0.700. The summed E-state index contributed by atoms with van der Waals surface area (Å²) in [7, 11) is 0. The van der Waals surface area contributed by atoms with Gasteiger partial charge >= 0.3 is 0 Å². The lowest BCUT2D eigenvalue weighted by atomic mass is 10.3. The molecule has 13 heavy (non-hydrogen) atoms. The first kappa shape index (κ1) is 12.2. The number of carbonyl (C=O) groups excluding carboxylic acids is 1. The van der Waals surface area contributed by atoms with Crippen molar-refractivity contribution in [1.82, 2.24) is 5.32 Å². The summed E-state index contributed by atoms with van der Waals surface area (Å²) in [4.78, 5) is 11.0. The Morgan fingerprint density at radius 3 is 2.69 bits per heavy atom. The summed E-state index contributed by atoms with van der Waals surface area (Å²) in [6.45, 7) is 9.48. The fourth-order valence-electron chi connectivity index (χ4n) is 0.773. The summed E-state index contributed by atoms with van der Waals surface area (Å²) in [6, 6.07) is 0. The molecule has 3 nitrogen and oxygen atoms in total. The second kappa shape index (κ2) is 7.80.